The first-order chi connectivity index (χ1) is 14.2. The van der Waals surface area contributed by atoms with E-state index in [1.165, 1.54) is 43.5 Å². The summed E-state index contributed by atoms with van der Waals surface area (Å²) in [6.07, 6.45) is 2.22. The number of amides is 1. The van der Waals surface area contributed by atoms with Crippen molar-refractivity contribution in [3.63, 3.8) is 0 Å². The van der Waals surface area contributed by atoms with Crippen LogP contribution in [-0.2, 0) is 14.3 Å². The van der Waals surface area contributed by atoms with E-state index in [0.29, 0.717) is 5.56 Å². The average molecular weight is 436 g/mol. The third-order valence-electron chi connectivity index (χ3n) is 3.60. The van der Waals surface area contributed by atoms with E-state index in [4.69, 9.17) is 21.1 Å². The predicted octanol–water partition coefficient (Wildman–Crippen LogP) is 3.36. The molecule has 0 aliphatic heterocycles. The van der Waals surface area contributed by atoms with Gasteiger partial charge in [0, 0.05) is 12.1 Å². The fourth-order valence-electron chi connectivity index (χ4n) is 2.20. The Balaban J connectivity index is 1.96. The highest BCUT2D eigenvalue weighted by molar-refractivity contribution is 6.32. The lowest BCUT2D eigenvalue weighted by atomic mass is 10.2. The summed E-state index contributed by atoms with van der Waals surface area (Å²) in [5.41, 5.74) is -0.488. The van der Waals surface area contributed by atoms with Gasteiger partial charge in [-0.05, 0) is 29.8 Å². The molecule has 0 atom stereocenters. The summed E-state index contributed by atoms with van der Waals surface area (Å²) in [5, 5.41) is 24.2. The fourth-order valence-corrected chi connectivity index (χ4v) is 2.39. The number of nitrogens with one attached hydrogen (secondary N) is 1. The van der Waals surface area contributed by atoms with Crippen molar-refractivity contribution in [2.24, 2.45) is 0 Å². The molecule has 0 spiro atoms. The number of nitro groups is 2. The van der Waals surface area contributed by atoms with Gasteiger partial charge >= 0.3 is 5.97 Å². The van der Waals surface area contributed by atoms with Gasteiger partial charge in [0.05, 0.1) is 23.0 Å². The van der Waals surface area contributed by atoms with Crippen LogP contribution in [0.4, 0.5) is 17.1 Å². The highest BCUT2D eigenvalue weighted by atomic mass is 35.5. The van der Waals surface area contributed by atoms with E-state index >= 15 is 0 Å². The van der Waals surface area contributed by atoms with E-state index in [0.717, 1.165) is 12.1 Å². The zero-order chi connectivity index (χ0) is 22.3. The quantitative estimate of drug-likeness (QED) is 0.287. The molecule has 0 fully saturated rings. The highest BCUT2D eigenvalue weighted by Gasteiger charge is 2.18. The smallest absolute Gasteiger partial charge is 0.331 e. The number of nitro benzene ring substituents is 2. The molecule has 1 amide bonds. The summed E-state index contributed by atoms with van der Waals surface area (Å²) in [6, 6.07) is 7.76. The van der Waals surface area contributed by atoms with Crippen LogP contribution in [0, 0.1) is 20.2 Å². The lowest BCUT2D eigenvalue weighted by Gasteiger charge is -2.07. The van der Waals surface area contributed by atoms with Crippen molar-refractivity contribution >= 4 is 46.6 Å². The number of ether oxygens (including phenoxy) is 2. The van der Waals surface area contributed by atoms with Gasteiger partial charge in [0.25, 0.3) is 17.3 Å². The largest absolute Gasteiger partial charge is 0.496 e. The lowest BCUT2D eigenvalue weighted by Crippen LogP contribution is -2.20. The Hall–Kier alpha value is -3.99. The fraction of sp³-hybridized carbons (Fsp3) is 0.111. The van der Waals surface area contributed by atoms with Crippen LogP contribution in [0.5, 0.6) is 5.75 Å². The van der Waals surface area contributed by atoms with E-state index in [1.54, 1.807) is 0 Å². The second-order valence-electron chi connectivity index (χ2n) is 5.60. The molecule has 2 aromatic rings. The number of hydrogen-bond acceptors (Lipinski definition) is 8. The number of esters is 1. The van der Waals surface area contributed by atoms with E-state index in [2.05, 4.69) is 5.32 Å². The van der Waals surface area contributed by atoms with Crippen LogP contribution in [0.25, 0.3) is 6.08 Å². The van der Waals surface area contributed by atoms with Crippen LogP contribution in [0.3, 0.4) is 0 Å². The number of halogens is 1. The Kier molecular flexibility index (Phi) is 7.42. The van der Waals surface area contributed by atoms with Gasteiger partial charge in [-0.2, -0.15) is 0 Å². The molecule has 11 nitrogen and oxygen atoms in total. The number of hydrogen-bond donors (Lipinski definition) is 1. The molecule has 0 saturated heterocycles. The van der Waals surface area contributed by atoms with E-state index < -0.39 is 34.0 Å². The van der Waals surface area contributed by atoms with Gasteiger partial charge in [-0.15, -0.1) is 0 Å². The minimum absolute atomic E-state index is 0.0518. The molecule has 0 aliphatic carbocycles. The molecule has 0 heterocycles. The van der Waals surface area contributed by atoms with Crippen LogP contribution < -0.4 is 10.1 Å². The lowest BCUT2D eigenvalue weighted by molar-refractivity contribution is -0.384. The molecule has 0 aromatic heterocycles. The van der Waals surface area contributed by atoms with Gasteiger partial charge < -0.3 is 14.8 Å². The number of anilines is 1. The van der Waals surface area contributed by atoms with Gasteiger partial charge in [-0.1, -0.05) is 17.7 Å². The first kappa shape index (κ1) is 22.3. The van der Waals surface area contributed by atoms with Crippen LogP contribution in [0.1, 0.15) is 5.56 Å². The van der Waals surface area contributed by atoms with Crippen molar-refractivity contribution in [2.75, 3.05) is 19.0 Å². The van der Waals surface area contributed by atoms with E-state index in [-0.39, 0.29) is 22.1 Å². The van der Waals surface area contributed by atoms with Gasteiger partial charge in [0.1, 0.15) is 16.5 Å². The molecular weight excluding hydrogens is 422 g/mol. The van der Waals surface area contributed by atoms with Crippen molar-refractivity contribution in [1.82, 2.24) is 0 Å². The summed E-state index contributed by atoms with van der Waals surface area (Å²) in [4.78, 5) is 44.3. The number of rotatable bonds is 8. The Bertz CT molecular complexity index is 1040. The standard InChI is InChI=1S/C18H14ClN3O8/c1-29-12-4-6-14(16(9-12)22(27)28)20-17(23)10-30-18(24)7-3-11-2-5-13(19)15(8-11)21(25)26/h2-9H,10H2,1H3,(H,20,23)/b7-3+. The number of benzene rings is 2. The summed E-state index contributed by atoms with van der Waals surface area (Å²) in [7, 11) is 1.34. The molecule has 0 bridgehead atoms. The Morgan fingerprint density at radius 1 is 1.10 bits per heavy atom. The molecule has 12 heteroatoms. The number of carbonyl (C=O) groups is 2. The van der Waals surface area contributed by atoms with Crippen LogP contribution in [0.2, 0.25) is 5.02 Å². The number of methoxy groups -OCH3 is 1. The number of nitrogens with zero attached hydrogens (tertiary/aromatic N) is 2. The second-order valence-corrected chi connectivity index (χ2v) is 6.00. The monoisotopic (exact) mass is 435 g/mol. The maximum atomic E-state index is 11.9. The Labute approximate surface area is 174 Å². The molecule has 2 rings (SSSR count). The van der Waals surface area contributed by atoms with Crippen LogP contribution >= 0.6 is 11.6 Å². The van der Waals surface area contributed by atoms with Crippen molar-refractivity contribution in [3.05, 3.63) is 73.3 Å². The van der Waals surface area contributed by atoms with Crippen molar-refractivity contribution in [1.29, 1.82) is 0 Å². The number of carbonyl (C=O) groups excluding carboxylic acids is 2. The maximum absolute atomic E-state index is 11.9. The summed E-state index contributed by atoms with van der Waals surface area (Å²) >= 11 is 5.70. The maximum Gasteiger partial charge on any atom is 0.331 e. The summed E-state index contributed by atoms with van der Waals surface area (Å²) in [5.74, 6) is -1.46. The van der Waals surface area contributed by atoms with Gasteiger partial charge in [0.15, 0.2) is 6.61 Å². The van der Waals surface area contributed by atoms with Crippen LogP contribution in [-0.4, -0.2) is 35.4 Å². The molecule has 0 unspecified atom stereocenters. The molecule has 30 heavy (non-hydrogen) atoms. The average Bonchev–Trinajstić information content (AvgIpc) is 2.71. The predicted molar refractivity (Wildman–Crippen MR) is 106 cm³/mol. The summed E-state index contributed by atoms with van der Waals surface area (Å²) in [6.45, 7) is -0.701. The second kappa shape index (κ2) is 9.98. The first-order valence-electron chi connectivity index (χ1n) is 8.12. The molecule has 0 saturated carbocycles. The molecule has 1 N–H and O–H groups in total. The normalized spacial score (nSPS) is 10.5. The third kappa shape index (κ3) is 6.01. The van der Waals surface area contributed by atoms with Crippen LogP contribution in [0.15, 0.2) is 42.5 Å². The molecule has 0 aliphatic rings. The topological polar surface area (TPSA) is 151 Å². The summed E-state index contributed by atoms with van der Waals surface area (Å²) < 4.78 is 9.65. The zero-order valence-electron chi connectivity index (χ0n) is 15.4. The first-order valence-corrected chi connectivity index (χ1v) is 8.50. The molecule has 0 radical (unpaired) electrons. The third-order valence-corrected chi connectivity index (χ3v) is 3.92. The van der Waals surface area contributed by atoms with Gasteiger partial charge in [-0.25, -0.2) is 4.79 Å². The van der Waals surface area contributed by atoms with Crippen molar-refractivity contribution in [3.8, 4) is 5.75 Å². The van der Waals surface area contributed by atoms with Gasteiger partial charge in [-0.3, -0.25) is 25.0 Å². The molecule has 156 valence electrons. The highest BCUT2D eigenvalue weighted by Crippen LogP contribution is 2.29. The SMILES string of the molecule is COc1ccc(NC(=O)COC(=O)/C=C/c2ccc(Cl)c([N+](=O)[O-])c2)c([N+](=O)[O-])c1. The van der Waals surface area contributed by atoms with E-state index in [9.17, 15) is 29.8 Å². The Morgan fingerprint density at radius 3 is 2.43 bits per heavy atom. The molecule has 2 aromatic carbocycles. The minimum atomic E-state index is -0.896. The molecular formula is C18H14ClN3O8. The zero-order valence-corrected chi connectivity index (χ0v) is 16.1. The van der Waals surface area contributed by atoms with Crippen molar-refractivity contribution in [2.45, 2.75) is 0 Å². The van der Waals surface area contributed by atoms with E-state index in [1.807, 2.05) is 0 Å². The van der Waals surface area contributed by atoms with Crippen molar-refractivity contribution < 1.29 is 28.9 Å². The van der Waals surface area contributed by atoms with Gasteiger partial charge in [0.2, 0.25) is 0 Å². The Morgan fingerprint density at radius 2 is 1.80 bits per heavy atom. The minimum Gasteiger partial charge on any atom is -0.496 e.